The summed E-state index contributed by atoms with van der Waals surface area (Å²) in [7, 11) is 0. The van der Waals surface area contributed by atoms with Crippen molar-refractivity contribution in [1.82, 2.24) is 15.2 Å². The zero-order chi connectivity index (χ0) is 13.0. The normalized spacial score (nSPS) is 10.5. The number of pyridine rings is 1. The topological polar surface area (TPSA) is 76.0 Å². The van der Waals surface area contributed by atoms with Gasteiger partial charge in [-0.3, -0.25) is 0 Å². The first-order chi connectivity index (χ1) is 8.70. The quantitative estimate of drug-likeness (QED) is 0.850. The lowest BCUT2D eigenvalue weighted by molar-refractivity contribution is 0.0689. The smallest absolute Gasteiger partial charge is 0.354 e. The van der Waals surface area contributed by atoms with Crippen LogP contribution in [0.4, 0.5) is 0 Å². The molecule has 8 heteroatoms. The van der Waals surface area contributed by atoms with Gasteiger partial charge in [0.15, 0.2) is 14.4 Å². The van der Waals surface area contributed by atoms with E-state index in [-0.39, 0.29) is 5.69 Å². The van der Waals surface area contributed by atoms with Gasteiger partial charge in [0.1, 0.15) is 0 Å². The number of thioether (sulfide) groups is 2. The Morgan fingerprint density at radius 2 is 2.22 bits per heavy atom. The first-order valence-electron chi connectivity index (χ1n) is 4.88. The Morgan fingerprint density at radius 3 is 2.89 bits per heavy atom. The molecule has 5 nitrogen and oxygen atoms in total. The molecule has 0 unspecified atom stereocenters. The highest BCUT2D eigenvalue weighted by Crippen LogP contribution is 2.29. The molecule has 2 aromatic rings. The van der Waals surface area contributed by atoms with Gasteiger partial charge in [0.25, 0.3) is 0 Å². The van der Waals surface area contributed by atoms with Crippen molar-refractivity contribution in [2.75, 3.05) is 6.26 Å². The fourth-order valence-electron chi connectivity index (χ4n) is 1.23. The molecule has 18 heavy (non-hydrogen) atoms. The molecule has 1 N–H and O–H groups in total. The summed E-state index contributed by atoms with van der Waals surface area (Å²) < 4.78 is 1.74. The first kappa shape index (κ1) is 13.3. The van der Waals surface area contributed by atoms with E-state index in [0.29, 0.717) is 11.3 Å². The molecule has 0 spiro atoms. The van der Waals surface area contributed by atoms with Gasteiger partial charge in [-0.25, -0.2) is 9.78 Å². The Morgan fingerprint density at radius 1 is 1.44 bits per heavy atom. The van der Waals surface area contributed by atoms with Crippen molar-refractivity contribution in [3.05, 3.63) is 29.6 Å². The zero-order valence-corrected chi connectivity index (χ0v) is 11.8. The van der Waals surface area contributed by atoms with E-state index in [1.54, 1.807) is 23.9 Å². The molecular weight excluding hydrogens is 290 g/mol. The molecule has 2 rings (SSSR count). The van der Waals surface area contributed by atoms with Gasteiger partial charge in [-0.2, -0.15) is 0 Å². The molecule has 0 aliphatic carbocycles. The molecule has 0 fully saturated rings. The van der Waals surface area contributed by atoms with Crippen molar-refractivity contribution in [2.45, 2.75) is 14.4 Å². The average Bonchev–Trinajstić information content (AvgIpc) is 2.84. The number of rotatable bonds is 5. The SMILES string of the molecule is CSc1nnc(SCc2cccnc2C(=O)O)s1. The number of aromatic carboxylic acids is 1. The summed E-state index contributed by atoms with van der Waals surface area (Å²) in [6, 6.07) is 3.50. The summed E-state index contributed by atoms with van der Waals surface area (Å²) >= 11 is 4.52. The molecule has 0 radical (unpaired) electrons. The molecule has 0 bridgehead atoms. The molecular formula is C10H9N3O2S3. The molecule has 0 amide bonds. The maximum atomic E-state index is 11.0. The van der Waals surface area contributed by atoms with E-state index >= 15 is 0 Å². The van der Waals surface area contributed by atoms with Crippen molar-refractivity contribution in [2.24, 2.45) is 0 Å². The molecule has 0 saturated carbocycles. The number of aromatic nitrogens is 3. The molecule has 0 aliphatic heterocycles. The summed E-state index contributed by atoms with van der Waals surface area (Å²) in [5.41, 5.74) is 0.788. The Hall–Kier alpha value is -1.12. The lowest BCUT2D eigenvalue weighted by Crippen LogP contribution is -2.04. The molecule has 0 aliphatic rings. The second kappa shape index (κ2) is 6.17. The van der Waals surface area contributed by atoms with Crippen molar-refractivity contribution >= 4 is 40.8 Å². The lowest BCUT2D eigenvalue weighted by Gasteiger charge is -2.02. The van der Waals surface area contributed by atoms with Gasteiger partial charge in [-0.05, 0) is 17.9 Å². The maximum Gasteiger partial charge on any atom is 0.354 e. The largest absolute Gasteiger partial charge is 0.477 e. The van der Waals surface area contributed by atoms with Crippen LogP contribution in [0.2, 0.25) is 0 Å². The highest BCUT2D eigenvalue weighted by Gasteiger charge is 2.12. The summed E-state index contributed by atoms with van der Waals surface area (Å²) in [6.45, 7) is 0. The van der Waals surface area contributed by atoms with E-state index < -0.39 is 5.97 Å². The van der Waals surface area contributed by atoms with Crippen LogP contribution < -0.4 is 0 Å². The Balaban J connectivity index is 2.08. The van der Waals surface area contributed by atoms with E-state index in [0.717, 1.165) is 8.68 Å². The van der Waals surface area contributed by atoms with Gasteiger partial charge >= 0.3 is 5.97 Å². The number of carboxylic acid groups (broad SMARTS) is 1. The summed E-state index contributed by atoms with van der Waals surface area (Å²) in [4.78, 5) is 14.8. The van der Waals surface area contributed by atoms with Crippen LogP contribution in [0, 0.1) is 0 Å². The number of carbonyl (C=O) groups is 1. The average molecular weight is 299 g/mol. The van der Waals surface area contributed by atoms with Crippen LogP contribution in [0.25, 0.3) is 0 Å². The van der Waals surface area contributed by atoms with Gasteiger partial charge in [0.05, 0.1) is 0 Å². The lowest BCUT2D eigenvalue weighted by atomic mass is 10.2. The fourth-order valence-corrected chi connectivity index (χ4v) is 3.65. The van der Waals surface area contributed by atoms with E-state index in [4.69, 9.17) is 5.11 Å². The van der Waals surface area contributed by atoms with Crippen molar-refractivity contribution in [3.63, 3.8) is 0 Å². The number of carboxylic acids is 1. The minimum absolute atomic E-state index is 0.0969. The Bertz CT molecular complexity index is 559. The highest BCUT2D eigenvalue weighted by atomic mass is 32.2. The maximum absolute atomic E-state index is 11.0. The van der Waals surface area contributed by atoms with Gasteiger partial charge in [-0.1, -0.05) is 40.9 Å². The molecule has 0 atom stereocenters. The monoisotopic (exact) mass is 299 g/mol. The fraction of sp³-hybridized carbons (Fsp3) is 0.200. The second-order valence-electron chi connectivity index (χ2n) is 3.14. The molecule has 2 heterocycles. The van der Waals surface area contributed by atoms with E-state index in [9.17, 15) is 4.79 Å². The molecule has 94 valence electrons. The number of hydrogen-bond acceptors (Lipinski definition) is 7. The van der Waals surface area contributed by atoms with E-state index in [1.165, 1.54) is 29.3 Å². The molecule has 0 saturated heterocycles. The van der Waals surface area contributed by atoms with Gasteiger partial charge < -0.3 is 5.11 Å². The Kier molecular flexibility index (Phi) is 4.56. The van der Waals surface area contributed by atoms with Gasteiger partial charge in [-0.15, -0.1) is 10.2 Å². The van der Waals surface area contributed by atoms with Crippen LogP contribution in [0.3, 0.4) is 0 Å². The third-order valence-corrected chi connectivity index (χ3v) is 5.09. The standard InChI is InChI=1S/C10H9N3O2S3/c1-16-9-12-13-10(18-9)17-5-6-3-2-4-11-7(6)8(14)15/h2-4H,5H2,1H3,(H,14,15). The molecule has 2 aromatic heterocycles. The Labute approximate surface area is 116 Å². The summed E-state index contributed by atoms with van der Waals surface area (Å²) in [5, 5.41) is 17.0. The van der Waals surface area contributed by atoms with Crippen molar-refractivity contribution < 1.29 is 9.90 Å². The molecule has 0 aromatic carbocycles. The van der Waals surface area contributed by atoms with E-state index in [2.05, 4.69) is 15.2 Å². The van der Waals surface area contributed by atoms with Crippen LogP contribution in [0.1, 0.15) is 16.1 Å². The second-order valence-corrected chi connectivity index (χ2v) is 6.40. The highest BCUT2D eigenvalue weighted by molar-refractivity contribution is 8.02. The minimum atomic E-state index is -1.01. The predicted octanol–water partition coefficient (Wildman–Crippen LogP) is 2.65. The van der Waals surface area contributed by atoms with Gasteiger partial charge in [0, 0.05) is 11.9 Å². The van der Waals surface area contributed by atoms with Crippen LogP contribution in [-0.2, 0) is 5.75 Å². The first-order valence-corrected chi connectivity index (χ1v) is 7.91. The number of hydrogen-bond donors (Lipinski definition) is 1. The van der Waals surface area contributed by atoms with Crippen LogP contribution >= 0.6 is 34.9 Å². The van der Waals surface area contributed by atoms with E-state index in [1.807, 2.05) is 6.26 Å². The van der Waals surface area contributed by atoms with Crippen LogP contribution in [0.5, 0.6) is 0 Å². The van der Waals surface area contributed by atoms with Gasteiger partial charge in [0.2, 0.25) is 0 Å². The summed E-state index contributed by atoms with van der Waals surface area (Å²) in [6.07, 6.45) is 3.42. The minimum Gasteiger partial charge on any atom is -0.477 e. The zero-order valence-electron chi connectivity index (χ0n) is 9.36. The third-order valence-electron chi connectivity index (χ3n) is 2.01. The van der Waals surface area contributed by atoms with Crippen LogP contribution in [-0.4, -0.2) is 32.5 Å². The predicted molar refractivity (Wildman–Crippen MR) is 72.4 cm³/mol. The number of nitrogens with zero attached hydrogens (tertiary/aromatic N) is 3. The third kappa shape index (κ3) is 3.21. The van der Waals surface area contributed by atoms with Crippen molar-refractivity contribution in [1.29, 1.82) is 0 Å². The van der Waals surface area contributed by atoms with Crippen LogP contribution in [0.15, 0.2) is 27.0 Å². The van der Waals surface area contributed by atoms with Crippen molar-refractivity contribution in [3.8, 4) is 0 Å². The summed E-state index contributed by atoms with van der Waals surface area (Å²) in [5.74, 6) is -0.480.